The number of hydrogen-bond acceptors (Lipinski definition) is 2. The Hall–Kier alpha value is -1.22. The molecule has 1 heterocycles. The second kappa shape index (κ2) is 4.11. The molecule has 1 amide bonds. The highest BCUT2D eigenvalue weighted by Crippen LogP contribution is 2.23. The lowest BCUT2D eigenvalue weighted by molar-refractivity contribution is -0.120. The number of hydrogen-bond donors (Lipinski definition) is 1. The van der Waals surface area contributed by atoms with Gasteiger partial charge in [-0.1, -0.05) is 11.6 Å². The van der Waals surface area contributed by atoms with Crippen LogP contribution in [0.2, 0.25) is 5.02 Å². The highest BCUT2D eigenvalue weighted by atomic mass is 35.5. The van der Waals surface area contributed by atoms with Crippen molar-refractivity contribution in [3.05, 3.63) is 28.8 Å². The lowest BCUT2D eigenvalue weighted by Crippen LogP contribution is -2.47. The van der Waals surface area contributed by atoms with Crippen molar-refractivity contribution in [1.29, 1.82) is 0 Å². The molecule has 3 nitrogen and oxygen atoms in total. The van der Waals surface area contributed by atoms with Crippen LogP contribution in [0.15, 0.2) is 18.2 Å². The lowest BCUT2D eigenvalue weighted by atomic mass is 10.1. The van der Waals surface area contributed by atoms with Gasteiger partial charge in [0.15, 0.2) is 0 Å². The Morgan fingerprint density at radius 3 is 2.93 bits per heavy atom. The van der Waals surface area contributed by atoms with Crippen molar-refractivity contribution in [3.8, 4) is 0 Å². The van der Waals surface area contributed by atoms with Gasteiger partial charge in [-0.2, -0.15) is 0 Å². The fraction of sp³-hybridized carbons (Fsp3) is 0.364. The smallest absolute Gasteiger partial charge is 0.239 e. The van der Waals surface area contributed by atoms with Gasteiger partial charge in [-0.15, -0.1) is 0 Å². The molecule has 1 aromatic carbocycles. The van der Waals surface area contributed by atoms with E-state index < -0.39 is 0 Å². The van der Waals surface area contributed by atoms with Crippen molar-refractivity contribution >= 4 is 23.2 Å². The van der Waals surface area contributed by atoms with E-state index in [9.17, 15) is 4.79 Å². The monoisotopic (exact) mass is 224 g/mol. The summed E-state index contributed by atoms with van der Waals surface area (Å²) in [6.45, 7) is 4.01. The Morgan fingerprint density at radius 2 is 2.27 bits per heavy atom. The molecule has 0 saturated carbocycles. The zero-order valence-electron chi connectivity index (χ0n) is 8.59. The van der Waals surface area contributed by atoms with Crippen LogP contribution >= 0.6 is 11.6 Å². The number of aryl methyl sites for hydroxylation is 1. The van der Waals surface area contributed by atoms with Crippen LogP contribution in [0.4, 0.5) is 5.69 Å². The second-order valence-corrected chi connectivity index (χ2v) is 4.14. The summed E-state index contributed by atoms with van der Waals surface area (Å²) in [5, 5.41) is 3.54. The van der Waals surface area contributed by atoms with E-state index in [2.05, 4.69) is 10.2 Å². The van der Waals surface area contributed by atoms with Crippen LogP contribution in [0.5, 0.6) is 0 Å². The predicted molar refractivity (Wildman–Crippen MR) is 61.4 cm³/mol. The van der Waals surface area contributed by atoms with Crippen LogP contribution in [0.1, 0.15) is 5.56 Å². The predicted octanol–water partition coefficient (Wildman–Crippen LogP) is 1.58. The van der Waals surface area contributed by atoms with E-state index in [1.54, 1.807) is 0 Å². The normalized spacial score (nSPS) is 16.4. The molecule has 1 aliphatic heterocycles. The zero-order valence-corrected chi connectivity index (χ0v) is 9.34. The number of carbonyl (C=O) groups is 1. The average molecular weight is 225 g/mol. The number of carbonyl (C=O) groups excluding carboxylic acids is 1. The molecular formula is C11H13ClN2O. The SMILES string of the molecule is Cc1cc(Cl)ccc1N1CCNC(=O)C1. The molecule has 1 aromatic rings. The summed E-state index contributed by atoms with van der Waals surface area (Å²) < 4.78 is 0. The molecule has 1 aliphatic rings. The highest BCUT2D eigenvalue weighted by molar-refractivity contribution is 6.30. The first-order chi connectivity index (χ1) is 7.16. The fourth-order valence-electron chi connectivity index (χ4n) is 1.82. The first-order valence-electron chi connectivity index (χ1n) is 4.94. The molecule has 0 spiro atoms. The third kappa shape index (κ3) is 2.23. The first-order valence-corrected chi connectivity index (χ1v) is 5.32. The van der Waals surface area contributed by atoms with Gasteiger partial charge in [0.05, 0.1) is 6.54 Å². The van der Waals surface area contributed by atoms with Crippen molar-refractivity contribution in [2.75, 3.05) is 24.5 Å². The van der Waals surface area contributed by atoms with Crippen molar-refractivity contribution in [3.63, 3.8) is 0 Å². The minimum Gasteiger partial charge on any atom is -0.360 e. The molecule has 2 rings (SSSR count). The Bertz CT molecular complexity index is 392. The maximum atomic E-state index is 11.2. The van der Waals surface area contributed by atoms with Gasteiger partial charge in [0.25, 0.3) is 0 Å². The van der Waals surface area contributed by atoms with Gasteiger partial charge in [-0.3, -0.25) is 4.79 Å². The standard InChI is InChI=1S/C11H13ClN2O/c1-8-6-9(12)2-3-10(8)14-5-4-13-11(15)7-14/h2-3,6H,4-5,7H2,1H3,(H,13,15). The van der Waals surface area contributed by atoms with E-state index in [0.29, 0.717) is 13.1 Å². The molecule has 0 atom stereocenters. The number of benzene rings is 1. The van der Waals surface area contributed by atoms with Gasteiger partial charge >= 0.3 is 0 Å². The number of nitrogens with one attached hydrogen (secondary N) is 1. The summed E-state index contributed by atoms with van der Waals surface area (Å²) >= 11 is 5.89. The summed E-state index contributed by atoms with van der Waals surface area (Å²) in [6.07, 6.45) is 0. The number of anilines is 1. The lowest BCUT2D eigenvalue weighted by Gasteiger charge is -2.29. The van der Waals surface area contributed by atoms with Crippen LogP contribution in [-0.2, 0) is 4.79 Å². The quantitative estimate of drug-likeness (QED) is 0.786. The molecular weight excluding hydrogens is 212 g/mol. The molecule has 4 heteroatoms. The molecule has 0 radical (unpaired) electrons. The zero-order chi connectivity index (χ0) is 10.8. The third-order valence-electron chi connectivity index (χ3n) is 2.54. The second-order valence-electron chi connectivity index (χ2n) is 3.70. The minimum absolute atomic E-state index is 0.0793. The van der Waals surface area contributed by atoms with Gasteiger partial charge in [0.2, 0.25) is 5.91 Å². The molecule has 1 fully saturated rings. The van der Waals surface area contributed by atoms with Crippen LogP contribution in [0.3, 0.4) is 0 Å². The minimum atomic E-state index is 0.0793. The van der Waals surface area contributed by atoms with Gasteiger partial charge in [-0.05, 0) is 30.7 Å². The summed E-state index contributed by atoms with van der Waals surface area (Å²) in [6, 6.07) is 5.75. The summed E-state index contributed by atoms with van der Waals surface area (Å²) in [4.78, 5) is 13.3. The molecule has 0 bridgehead atoms. The molecule has 0 aromatic heterocycles. The Balaban J connectivity index is 2.24. The fourth-order valence-corrected chi connectivity index (χ4v) is 2.04. The third-order valence-corrected chi connectivity index (χ3v) is 2.77. The summed E-state index contributed by atoms with van der Waals surface area (Å²) in [7, 11) is 0. The van der Waals surface area contributed by atoms with Gasteiger partial charge in [0.1, 0.15) is 0 Å². The Morgan fingerprint density at radius 1 is 1.47 bits per heavy atom. The van der Waals surface area contributed by atoms with E-state index in [1.807, 2.05) is 25.1 Å². The molecule has 0 unspecified atom stereocenters. The van der Waals surface area contributed by atoms with Crippen LogP contribution in [0, 0.1) is 6.92 Å². The van der Waals surface area contributed by atoms with E-state index in [4.69, 9.17) is 11.6 Å². The molecule has 80 valence electrons. The average Bonchev–Trinajstić information content (AvgIpc) is 2.17. The Labute approximate surface area is 94.0 Å². The topological polar surface area (TPSA) is 32.3 Å². The summed E-state index contributed by atoms with van der Waals surface area (Å²) in [5.41, 5.74) is 2.20. The van der Waals surface area contributed by atoms with Crippen LogP contribution in [-0.4, -0.2) is 25.5 Å². The van der Waals surface area contributed by atoms with Gasteiger partial charge < -0.3 is 10.2 Å². The maximum absolute atomic E-state index is 11.2. The largest absolute Gasteiger partial charge is 0.360 e. The first kappa shape index (κ1) is 10.3. The van der Waals surface area contributed by atoms with Gasteiger partial charge in [0, 0.05) is 23.8 Å². The number of piperazine rings is 1. The van der Waals surface area contributed by atoms with Crippen molar-refractivity contribution in [1.82, 2.24) is 5.32 Å². The van der Waals surface area contributed by atoms with Crippen molar-refractivity contribution in [2.45, 2.75) is 6.92 Å². The molecule has 15 heavy (non-hydrogen) atoms. The maximum Gasteiger partial charge on any atom is 0.239 e. The Kier molecular flexibility index (Phi) is 2.82. The number of nitrogens with zero attached hydrogens (tertiary/aromatic N) is 1. The molecule has 1 saturated heterocycles. The molecule has 1 N–H and O–H groups in total. The van der Waals surface area contributed by atoms with Gasteiger partial charge in [-0.25, -0.2) is 0 Å². The van der Waals surface area contributed by atoms with Crippen molar-refractivity contribution < 1.29 is 4.79 Å². The highest BCUT2D eigenvalue weighted by Gasteiger charge is 2.17. The number of amides is 1. The number of rotatable bonds is 1. The van der Waals surface area contributed by atoms with E-state index in [-0.39, 0.29) is 5.91 Å². The van der Waals surface area contributed by atoms with E-state index >= 15 is 0 Å². The molecule has 0 aliphatic carbocycles. The number of halogens is 1. The summed E-state index contributed by atoms with van der Waals surface area (Å²) in [5.74, 6) is 0.0793. The van der Waals surface area contributed by atoms with Crippen LogP contribution in [0.25, 0.3) is 0 Å². The van der Waals surface area contributed by atoms with Crippen LogP contribution < -0.4 is 10.2 Å². The van der Waals surface area contributed by atoms with E-state index in [0.717, 1.165) is 22.8 Å². The van der Waals surface area contributed by atoms with Crippen molar-refractivity contribution in [2.24, 2.45) is 0 Å². The van der Waals surface area contributed by atoms with E-state index in [1.165, 1.54) is 0 Å².